The van der Waals surface area contributed by atoms with Crippen LogP contribution in [-0.2, 0) is 0 Å². The van der Waals surface area contributed by atoms with E-state index < -0.39 is 12.1 Å². The number of hydrogen-bond acceptors (Lipinski definition) is 5. The largest absolute Gasteiger partial charge is 0.573 e. The Morgan fingerprint density at radius 2 is 1.83 bits per heavy atom. The van der Waals surface area contributed by atoms with Gasteiger partial charge in [-0.25, -0.2) is 0 Å². The molecular formula is C19H19F3IN5O2. The highest BCUT2D eigenvalue weighted by Crippen LogP contribution is 2.29. The van der Waals surface area contributed by atoms with E-state index in [9.17, 15) is 13.2 Å². The molecule has 1 heterocycles. The lowest BCUT2D eigenvalue weighted by atomic mass is 10.2. The number of nitrogens with zero attached hydrogens (tertiary/aromatic N) is 3. The van der Waals surface area contributed by atoms with Crippen LogP contribution < -0.4 is 15.8 Å². The first-order chi connectivity index (χ1) is 13.8. The predicted octanol–water partition coefficient (Wildman–Crippen LogP) is 4.78. The summed E-state index contributed by atoms with van der Waals surface area (Å²) in [5.74, 6) is 0.109. The SMILES string of the molecule is CC(CN=C(N)Nc1ccccc1OC(F)(F)F)c1nc(-c2ccccc2)no1.I. The Morgan fingerprint density at radius 1 is 1.17 bits per heavy atom. The molecule has 0 aliphatic rings. The summed E-state index contributed by atoms with van der Waals surface area (Å²) in [6.07, 6.45) is -4.81. The summed E-state index contributed by atoms with van der Waals surface area (Å²) in [6, 6.07) is 14.9. The second kappa shape index (κ2) is 10.3. The van der Waals surface area contributed by atoms with Gasteiger partial charge in [-0.05, 0) is 12.1 Å². The molecule has 1 atom stereocenters. The third-order valence-electron chi connectivity index (χ3n) is 3.81. The van der Waals surface area contributed by atoms with Gasteiger partial charge in [0.2, 0.25) is 11.7 Å². The number of ether oxygens (including phenoxy) is 1. The summed E-state index contributed by atoms with van der Waals surface area (Å²) in [7, 11) is 0. The Kier molecular flexibility index (Phi) is 8.03. The van der Waals surface area contributed by atoms with Gasteiger partial charge in [0.1, 0.15) is 0 Å². The van der Waals surface area contributed by atoms with E-state index >= 15 is 0 Å². The van der Waals surface area contributed by atoms with E-state index in [0.29, 0.717) is 11.7 Å². The zero-order valence-corrected chi connectivity index (χ0v) is 18.1. The van der Waals surface area contributed by atoms with Gasteiger partial charge < -0.3 is 20.3 Å². The van der Waals surface area contributed by atoms with Gasteiger partial charge in [0.15, 0.2) is 11.7 Å². The summed E-state index contributed by atoms with van der Waals surface area (Å²) in [4.78, 5) is 8.48. The number of nitrogens with two attached hydrogens (primary N) is 1. The summed E-state index contributed by atoms with van der Waals surface area (Å²) >= 11 is 0. The molecule has 0 bridgehead atoms. The number of alkyl halides is 3. The van der Waals surface area contributed by atoms with Crippen molar-refractivity contribution in [2.45, 2.75) is 19.2 Å². The number of rotatable bonds is 6. The lowest BCUT2D eigenvalue weighted by molar-refractivity contribution is -0.274. The Labute approximate surface area is 187 Å². The topological polar surface area (TPSA) is 98.6 Å². The van der Waals surface area contributed by atoms with Crippen LogP contribution in [0.15, 0.2) is 64.1 Å². The smallest absolute Gasteiger partial charge is 0.404 e. The molecule has 0 amide bonds. The van der Waals surface area contributed by atoms with Crippen molar-refractivity contribution >= 4 is 35.6 Å². The van der Waals surface area contributed by atoms with Crippen molar-refractivity contribution < 1.29 is 22.4 Å². The number of halogens is 4. The maximum absolute atomic E-state index is 12.5. The van der Waals surface area contributed by atoms with E-state index in [1.807, 2.05) is 37.3 Å². The van der Waals surface area contributed by atoms with Gasteiger partial charge >= 0.3 is 6.36 Å². The Balaban J connectivity index is 0.00000320. The van der Waals surface area contributed by atoms with Gasteiger partial charge in [-0.1, -0.05) is 54.5 Å². The molecular weight excluding hydrogens is 514 g/mol. The molecule has 0 aliphatic carbocycles. The van der Waals surface area contributed by atoms with Crippen LogP contribution in [0.1, 0.15) is 18.7 Å². The molecule has 3 aromatic rings. The normalized spacial score (nSPS) is 12.7. The highest BCUT2D eigenvalue weighted by atomic mass is 127. The number of aliphatic imine (C=N–C) groups is 1. The van der Waals surface area contributed by atoms with E-state index in [1.165, 1.54) is 18.2 Å². The first-order valence-electron chi connectivity index (χ1n) is 8.62. The third kappa shape index (κ3) is 6.61. The number of aromatic nitrogens is 2. The zero-order valence-electron chi connectivity index (χ0n) is 15.8. The maximum Gasteiger partial charge on any atom is 0.573 e. The fraction of sp³-hybridized carbons (Fsp3) is 0.211. The molecule has 30 heavy (non-hydrogen) atoms. The van der Waals surface area contributed by atoms with Crippen molar-refractivity contribution in [3.8, 4) is 17.1 Å². The van der Waals surface area contributed by atoms with Gasteiger partial charge in [-0.3, -0.25) is 4.99 Å². The van der Waals surface area contributed by atoms with Crippen molar-refractivity contribution in [2.24, 2.45) is 10.7 Å². The van der Waals surface area contributed by atoms with Crippen molar-refractivity contribution in [3.05, 3.63) is 60.5 Å². The van der Waals surface area contributed by atoms with Crippen LogP contribution in [-0.4, -0.2) is 29.0 Å². The average Bonchev–Trinajstić information content (AvgIpc) is 3.18. The van der Waals surface area contributed by atoms with Gasteiger partial charge in [-0.2, -0.15) is 4.98 Å². The Hall–Kier alpha value is -2.83. The monoisotopic (exact) mass is 533 g/mol. The molecule has 1 unspecified atom stereocenters. The van der Waals surface area contributed by atoms with E-state index in [0.717, 1.165) is 5.56 Å². The van der Waals surface area contributed by atoms with E-state index in [2.05, 4.69) is 25.2 Å². The molecule has 3 rings (SSSR count). The van der Waals surface area contributed by atoms with Crippen molar-refractivity contribution in [2.75, 3.05) is 11.9 Å². The highest BCUT2D eigenvalue weighted by Gasteiger charge is 2.32. The fourth-order valence-corrected chi connectivity index (χ4v) is 2.41. The van der Waals surface area contributed by atoms with Crippen molar-refractivity contribution in [1.82, 2.24) is 10.1 Å². The summed E-state index contributed by atoms with van der Waals surface area (Å²) in [5, 5.41) is 6.55. The van der Waals surface area contributed by atoms with Gasteiger partial charge in [0.05, 0.1) is 18.2 Å². The number of para-hydroxylation sites is 2. The van der Waals surface area contributed by atoms with Crippen LogP contribution in [0.3, 0.4) is 0 Å². The van der Waals surface area contributed by atoms with E-state index in [-0.39, 0.29) is 48.1 Å². The molecule has 0 aliphatic heterocycles. The summed E-state index contributed by atoms with van der Waals surface area (Å²) in [6.45, 7) is 2.01. The van der Waals surface area contributed by atoms with Crippen LogP contribution in [0.2, 0.25) is 0 Å². The molecule has 2 aromatic carbocycles. The molecule has 3 N–H and O–H groups in total. The zero-order chi connectivity index (χ0) is 20.9. The van der Waals surface area contributed by atoms with Gasteiger partial charge in [0.25, 0.3) is 0 Å². The van der Waals surface area contributed by atoms with Crippen LogP contribution in [0.5, 0.6) is 5.75 Å². The van der Waals surface area contributed by atoms with E-state index in [1.54, 1.807) is 6.07 Å². The Morgan fingerprint density at radius 3 is 2.53 bits per heavy atom. The molecule has 1 aromatic heterocycles. The van der Waals surface area contributed by atoms with Gasteiger partial charge in [-0.15, -0.1) is 37.1 Å². The third-order valence-corrected chi connectivity index (χ3v) is 3.81. The second-order valence-corrected chi connectivity index (χ2v) is 6.12. The molecule has 160 valence electrons. The summed E-state index contributed by atoms with van der Waals surface area (Å²) in [5.41, 5.74) is 6.66. The van der Waals surface area contributed by atoms with E-state index in [4.69, 9.17) is 10.3 Å². The average molecular weight is 533 g/mol. The minimum Gasteiger partial charge on any atom is -0.404 e. The Bertz CT molecular complexity index is 980. The van der Waals surface area contributed by atoms with Crippen molar-refractivity contribution in [1.29, 1.82) is 0 Å². The lowest BCUT2D eigenvalue weighted by Gasteiger charge is -2.14. The highest BCUT2D eigenvalue weighted by molar-refractivity contribution is 14.0. The van der Waals surface area contributed by atoms with Crippen LogP contribution in [0.25, 0.3) is 11.4 Å². The second-order valence-electron chi connectivity index (χ2n) is 6.12. The minimum atomic E-state index is -4.81. The van der Waals surface area contributed by atoms with Crippen molar-refractivity contribution in [3.63, 3.8) is 0 Å². The molecule has 0 saturated heterocycles. The first kappa shape index (κ1) is 23.4. The number of guanidine groups is 1. The molecule has 7 nitrogen and oxygen atoms in total. The summed E-state index contributed by atoms with van der Waals surface area (Å²) < 4.78 is 46.7. The first-order valence-corrected chi connectivity index (χ1v) is 8.62. The number of hydrogen-bond donors (Lipinski definition) is 2. The lowest BCUT2D eigenvalue weighted by Crippen LogP contribution is -2.25. The molecule has 0 fully saturated rings. The molecule has 0 saturated carbocycles. The number of nitrogens with one attached hydrogen (secondary N) is 1. The molecule has 0 spiro atoms. The quantitative estimate of drug-likeness (QED) is 0.269. The molecule has 11 heteroatoms. The van der Waals surface area contributed by atoms with Crippen LogP contribution >= 0.6 is 24.0 Å². The predicted molar refractivity (Wildman–Crippen MR) is 117 cm³/mol. The number of benzene rings is 2. The standard InChI is InChI=1S/C19H18F3N5O2.HI/c1-12(17-26-16(27-29-17)13-7-3-2-4-8-13)11-24-18(23)25-14-9-5-6-10-15(14)28-19(20,21)22;/h2-10,12H,11H2,1H3,(H3,23,24,25);1H. The fourth-order valence-electron chi connectivity index (χ4n) is 2.41. The van der Waals surface area contributed by atoms with Gasteiger partial charge in [0, 0.05) is 5.56 Å². The maximum atomic E-state index is 12.5. The minimum absolute atomic E-state index is 0. The number of anilines is 1. The van der Waals surface area contributed by atoms with Crippen LogP contribution in [0.4, 0.5) is 18.9 Å². The van der Waals surface area contributed by atoms with Crippen LogP contribution in [0, 0.1) is 0 Å². The molecule has 0 radical (unpaired) electrons.